The third-order valence-corrected chi connectivity index (χ3v) is 2.55. The molecule has 0 saturated carbocycles. The van der Waals surface area contributed by atoms with Gasteiger partial charge in [-0.05, 0) is 19.1 Å². The zero-order valence-corrected chi connectivity index (χ0v) is 8.71. The van der Waals surface area contributed by atoms with Crippen LogP contribution >= 0.6 is 11.8 Å². The Balaban J connectivity index is 2.46. The van der Waals surface area contributed by atoms with Crippen LogP contribution in [0.15, 0.2) is 29.2 Å². The van der Waals surface area contributed by atoms with E-state index in [0.717, 1.165) is 0 Å². The van der Waals surface area contributed by atoms with Crippen molar-refractivity contribution in [2.45, 2.75) is 11.8 Å². The predicted molar refractivity (Wildman–Crippen MR) is 55.5 cm³/mol. The molecule has 76 valence electrons. The summed E-state index contributed by atoms with van der Waals surface area (Å²) in [5.41, 5.74) is 0. The zero-order valence-electron chi connectivity index (χ0n) is 7.90. The Kier molecular flexibility index (Phi) is 4.32. The van der Waals surface area contributed by atoms with Gasteiger partial charge in [0.05, 0.1) is 12.4 Å². The number of carbonyl (C=O) groups is 1. The molecule has 0 fully saturated rings. The van der Waals surface area contributed by atoms with Gasteiger partial charge in [0.1, 0.15) is 5.75 Å². The number of aromatic hydroxyl groups is 1. The lowest BCUT2D eigenvalue weighted by atomic mass is 10.3. The highest BCUT2D eigenvalue weighted by atomic mass is 32.2. The fourth-order valence-electron chi connectivity index (χ4n) is 0.919. The number of hydrogen-bond acceptors (Lipinski definition) is 4. The molecule has 0 aliphatic heterocycles. The summed E-state index contributed by atoms with van der Waals surface area (Å²) in [6.45, 7) is 2.16. The Labute approximate surface area is 87.1 Å². The molecule has 0 heterocycles. The molecule has 0 radical (unpaired) electrons. The molecule has 1 aromatic carbocycles. The first-order valence-electron chi connectivity index (χ1n) is 4.30. The van der Waals surface area contributed by atoms with Crippen LogP contribution in [0.5, 0.6) is 5.75 Å². The van der Waals surface area contributed by atoms with Crippen molar-refractivity contribution in [2.24, 2.45) is 0 Å². The summed E-state index contributed by atoms with van der Waals surface area (Å²) in [4.78, 5) is 11.7. The molecule has 1 N–H and O–H groups in total. The van der Waals surface area contributed by atoms with Gasteiger partial charge in [-0.25, -0.2) is 0 Å². The van der Waals surface area contributed by atoms with Gasteiger partial charge < -0.3 is 9.84 Å². The molecule has 0 saturated heterocycles. The SMILES string of the molecule is CCOC(=O)CSc1ccccc1O. The molecule has 14 heavy (non-hydrogen) atoms. The van der Waals surface area contributed by atoms with Gasteiger partial charge in [-0.1, -0.05) is 12.1 Å². The van der Waals surface area contributed by atoms with Crippen molar-refractivity contribution in [1.82, 2.24) is 0 Å². The van der Waals surface area contributed by atoms with E-state index in [4.69, 9.17) is 4.74 Å². The maximum Gasteiger partial charge on any atom is 0.316 e. The minimum Gasteiger partial charge on any atom is -0.507 e. The molecule has 1 aromatic rings. The minimum atomic E-state index is -0.263. The van der Waals surface area contributed by atoms with Crippen molar-refractivity contribution < 1.29 is 14.6 Å². The summed E-state index contributed by atoms with van der Waals surface area (Å²) >= 11 is 1.27. The first-order chi connectivity index (χ1) is 6.74. The minimum absolute atomic E-state index is 0.196. The van der Waals surface area contributed by atoms with Crippen molar-refractivity contribution in [3.8, 4) is 5.75 Å². The standard InChI is InChI=1S/C10H12O3S/c1-2-13-10(12)7-14-9-6-4-3-5-8(9)11/h3-6,11H,2,7H2,1H3. The average molecular weight is 212 g/mol. The van der Waals surface area contributed by atoms with E-state index in [0.29, 0.717) is 11.5 Å². The van der Waals surface area contributed by atoms with Crippen LogP contribution < -0.4 is 0 Å². The van der Waals surface area contributed by atoms with Crippen molar-refractivity contribution in [3.05, 3.63) is 24.3 Å². The number of phenolic OH excluding ortho intramolecular Hbond substituents is 1. The number of para-hydroxylation sites is 1. The van der Waals surface area contributed by atoms with Gasteiger partial charge in [-0.15, -0.1) is 11.8 Å². The molecular formula is C10H12O3S. The molecule has 0 amide bonds. The van der Waals surface area contributed by atoms with E-state index in [1.165, 1.54) is 11.8 Å². The van der Waals surface area contributed by atoms with E-state index in [-0.39, 0.29) is 17.5 Å². The van der Waals surface area contributed by atoms with Crippen LogP contribution in [-0.2, 0) is 9.53 Å². The first kappa shape index (κ1) is 10.9. The third kappa shape index (κ3) is 3.30. The van der Waals surface area contributed by atoms with Gasteiger partial charge in [0, 0.05) is 4.90 Å². The number of hydrogen-bond donors (Lipinski definition) is 1. The fourth-order valence-corrected chi connectivity index (χ4v) is 1.67. The second kappa shape index (κ2) is 5.54. The van der Waals surface area contributed by atoms with Crippen LogP contribution in [0, 0.1) is 0 Å². The van der Waals surface area contributed by atoms with E-state index < -0.39 is 0 Å². The monoisotopic (exact) mass is 212 g/mol. The summed E-state index contributed by atoms with van der Waals surface area (Å²) in [6, 6.07) is 6.91. The van der Waals surface area contributed by atoms with E-state index in [1.807, 2.05) is 6.07 Å². The molecule has 3 nitrogen and oxygen atoms in total. The van der Waals surface area contributed by atoms with Gasteiger partial charge in [-0.3, -0.25) is 4.79 Å². The lowest BCUT2D eigenvalue weighted by Gasteiger charge is -2.03. The Morgan fingerprint density at radius 2 is 2.21 bits per heavy atom. The van der Waals surface area contributed by atoms with Crippen LogP contribution in [-0.4, -0.2) is 23.4 Å². The van der Waals surface area contributed by atoms with Crippen LogP contribution in [0.25, 0.3) is 0 Å². The maximum atomic E-state index is 11.0. The molecule has 0 spiro atoms. The summed E-state index contributed by atoms with van der Waals surface area (Å²) in [6.07, 6.45) is 0. The van der Waals surface area contributed by atoms with Crippen molar-refractivity contribution in [3.63, 3.8) is 0 Å². The number of esters is 1. The Morgan fingerprint density at radius 1 is 1.50 bits per heavy atom. The molecule has 0 atom stereocenters. The first-order valence-corrected chi connectivity index (χ1v) is 5.29. The largest absolute Gasteiger partial charge is 0.507 e. The molecule has 4 heteroatoms. The average Bonchev–Trinajstić information content (AvgIpc) is 2.17. The quantitative estimate of drug-likeness (QED) is 0.613. The van der Waals surface area contributed by atoms with Gasteiger partial charge in [0.15, 0.2) is 0 Å². The normalized spacial score (nSPS) is 9.79. The Morgan fingerprint density at radius 3 is 2.86 bits per heavy atom. The van der Waals surface area contributed by atoms with Crippen LogP contribution in [0.4, 0.5) is 0 Å². The molecule has 0 aliphatic rings. The van der Waals surface area contributed by atoms with E-state index in [1.54, 1.807) is 25.1 Å². The lowest BCUT2D eigenvalue weighted by Crippen LogP contribution is -2.06. The van der Waals surface area contributed by atoms with E-state index in [9.17, 15) is 9.90 Å². The molecular weight excluding hydrogens is 200 g/mol. The highest BCUT2D eigenvalue weighted by Gasteiger charge is 2.05. The molecule has 0 bridgehead atoms. The van der Waals surface area contributed by atoms with Gasteiger partial charge in [-0.2, -0.15) is 0 Å². The van der Waals surface area contributed by atoms with Gasteiger partial charge in [0.25, 0.3) is 0 Å². The van der Waals surface area contributed by atoms with Crippen LogP contribution in [0.2, 0.25) is 0 Å². The van der Waals surface area contributed by atoms with Gasteiger partial charge >= 0.3 is 5.97 Å². The number of carbonyl (C=O) groups excluding carboxylic acids is 1. The molecule has 1 rings (SSSR count). The second-order valence-electron chi connectivity index (χ2n) is 2.56. The van der Waals surface area contributed by atoms with Gasteiger partial charge in [0.2, 0.25) is 0 Å². The molecule has 0 aromatic heterocycles. The summed E-state index contributed by atoms with van der Waals surface area (Å²) in [7, 11) is 0. The number of benzene rings is 1. The van der Waals surface area contributed by atoms with E-state index >= 15 is 0 Å². The Hall–Kier alpha value is -1.16. The zero-order chi connectivity index (χ0) is 10.4. The van der Waals surface area contributed by atoms with Crippen molar-refractivity contribution in [1.29, 1.82) is 0 Å². The van der Waals surface area contributed by atoms with Crippen molar-refractivity contribution in [2.75, 3.05) is 12.4 Å². The predicted octanol–water partition coefficient (Wildman–Crippen LogP) is 2.05. The number of rotatable bonds is 4. The van der Waals surface area contributed by atoms with Crippen molar-refractivity contribution >= 4 is 17.7 Å². The second-order valence-corrected chi connectivity index (χ2v) is 3.58. The highest BCUT2D eigenvalue weighted by molar-refractivity contribution is 8.00. The highest BCUT2D eigenvalue weighted by Crippen LogP contribution is 2.27. The van der Waals surface area contributed by atoms with E-state index in [2.05, 4.69) is 0 Å². The Bertz CT molecular complexity index is 312. The number of thioether (sulfide) groups is 1. The summed E-state index contributed by atoms with van der Waals surface area (Å²) in [5, 5.41) is 9.38. The molecule has 0 aliphatic carbocycles. The molecule has 0 unspecified atom stereocenters. The third-order valence-electron chi connectivity index (χ3n) is 1.52. The lowest BCUT2D eigenvalue weighted by molar-refractivity contribution is -0.139. The summed E-state index contributed by atoms with van der Waals surface area (Å²) in [5.74, 6) is 0.161. The fraction of sp³-hybridized carbons (Fsp3) is 0.300. The van der Waals surface area contributed by atoms with Crippen LogP contribution in [0.3, 0.4) is 0 Å². The maximum absolute atomic E-state index is 11.0. The topological polar surface area (TPSA) is 46.5 Å². The number of phenols is 1. The van der Waals surface area contributed by atoms with Crippen LogP contribution in [0.1, 0.15) is 6.92 Å². The summed E-state index contributed by atoms with van der Waals surface area (Å²) < 4.78 is 4.76. The smallest absolute Gasteiger partial charge is 0.316 e. The number of ether oxygens (including phenoxy) is 1.